The Bertz CT molecular complexity index is 655. The predicted molar refractivity (Wildman–Crippen MR) is 92.1 cm³/mol. The van der Waals surface area contributed by atoms with Gasteiger partial charge in [0, 0.05) is 25.6 Å². The lowest BCUT2D eigenvalue weighted by atomic mass is 9.95. The molecule has 7 heteroatoms. The van der Waals surface area contributed by atoms with Crippen molar-refractivity contribution in [2.24, 2.45) is 5.92 Å². The average Bonchev–Trinajstić information content (AvgIpc) is 2.85. The zero-order valence-corrected chi connectivity index (χ0v) is 15.0. The van der Waals surface area contributed by atoms with Gasteiger partial charge in [0.15, 0.2) is 11.5 Å². The minimum Gasteiger partial charge on any atom is -0.490 e. The number of hydrogen-bond acceptors (Lipinski definition) is 5. The van der Waals surface area contributed by atoms with Crippen LogP contribution in [0.4, 0.5) is 0 Å². The Morgan fingerprint density at radius 3 is 2.58 bits per heavy atom. The minimum atomic E-state index is -3.47. The van der Waals surface area contributed by atoms with E-state index in [1.165, 1.54) is 0 Å². The molecule has 0 bridgehead atoms. The van der Waals surface area contributed by atoms with E-state index in [1.807, 2.05) is 7.05 Å². The van der Waals surface area contributed by atoms with Gasteiger partial charge in [0.2, 0.25) is 10.0 Å². The van der Waals surface area contributed by atoms with Gasteiger partial charge in [-0.25, -0.2) is 8.42 Å². The summed E-state index contributed by atoms with van der Waals surface area (Å²) in [5.41, 5.74) is 0. The fourth-order valence-corrected chi connectivity index (χ4v) is 4.73. The fourth-order valence-electron chi connectivity index (χ4n) is 3.24. The molecule has 0 aliphatic carbocycles. The molecule has 1 aromatic carbocycles. The highest BCUT2D eigenvalue weighted by atomic mass is 32.2. The number of piperidine rings is 1. The maximum atomic E-state index is 12.9. The first-order chi connectivity index (χ1) is 11.6. The van der Waals surface area contributed by atoms with Gasteiger partial charge in [0.1, 0.15) is 0 Å². The molecule has 0 amide bonds. The van der Waals surface area contributed by atoms with E-state index in [2.05, 4.69) is 5.32 Å². The van der Waals surface area contributed by atoms with Crippen LogP contribution < -0.4 is 14.8 Å². The lowest BCUT2D eigenvalue weighted by molar-refractivity contribution is 0.263. The second-order valence-electron chi connectivity index (χ2n) is 6.40. The van der Waals surface area contributed by atoms with Crippen molar-refractivity contribution in [2.75, 3.05) is 39.9 Å². The summed E-state index contributed by atoms with van der Waals surface area (Å²) in [5, 5.41) is 3.16. The van der Waals surface area contributed by atoms with Crippen LogP contribution in [0.15, 0.2) is 23.1 Å². The highest BCUT2D eigenvalue weighted by molar-refractivity contribution is 7.89. The van der Waals surface area contributed by atoms with E-state index in [1.54, 1.807) is 22.5 Å². The molecule has 0 radical (unpaired) electrons. The van der Waals surface area contributed by atoms with Crippen molar-refractivity contribution in [3.8, 4) is 11.5 Å². The summed E-state index contributed by atoms with van der Waals surface area (Å²) in [4.78, 5) is 0.292. The normalized spacial score (nSPS) is 19.9. The lowest BCUT2D eigenvalue weighted by Crippen LogP contribution is -2.38. The molecular weight excluding hydrogens is 328 g/mol. The van der Waals surface area contributed by atoms with Crippen LogP contribution in [0.25, 0.3) is 0 Å². The van der Waals surface area contributed by atoms with Crippen LogP contribution >= 0.6 is 0 Å². The zero-order chi connectivity index (χ0) is 17.0. The van der Waals surface area contributed by atoms with Crippen molar-refractivity contribution in [3.63, 3.8) is 0 Å². The van der Waals surface area contributed by atoms with Gasteiger partial charge in [0.05, 0.1) is 18.1 Å². The zero-order valence-electron chi connectivity index (χ0n) is 14.2. The van der Waals surface area contributed by atoms with Crippen LogP contribution in [-0.2, 0) is 10.0 Å². The second kappa shape index (κ2) is 7.72. The molecule has 1 fully saturated rings. The summed E-state index contributed by atoms with van der Waals surface area (Å²) in [6.07, 6.45) is 3.75. The fraction of sp³-hybridized carbons (Fsp3) is 0.647. The summed E-state index contributed by atoms with van der Waals surface area (Å²) in [6, 6.07) is 4.92. The van der Waals surface area contributed by atoms with E-state index >= 15 is 0 Å². The number of sulfonamides is 1. The number of nitrogens with one attached hydrogen (secondary N) is 1. The van der Waals surface area contributed by atoms with Crippen LogP contribution in [0.3, 0.4) is 0 Å². The third kappa shape index (κ3) is 3.84. The van der Waals surface area contributed by atoms with Crippen LogP contribution in [-0.4, -0.2) is 52.6 Å². The van der Waals surface area contributed by atoms with Gasteiger partial charge >= 0.3 is 0 Å². The topological polar surface area (TPSA) is 67.9 Å². The monoisotopic (exact) mass is 354 g/mol. The predicted octanol–water partition coefficient (Wildman–Crippen LogP) is 1.86. The summed E-state index contributed by atoms with van der Waals surface area (Å²) in [6.45, 7) is 3.31. The highest BCUT2D eigenvalue weighted by Crippen LogP contribution is 2.33. The maximum absolute atomic E-state index is 12.9. The van der Waals surface area contributed by atoms with Crippen molar-refractivity contribution in [2.45, 2.75) is 30.6 Å². The Morgan fingerprint density at radius 1 is 1.17 bits per heavy atom. The van der Waals surface area contributed by atoms with E-state index in [4.69, 9.17) is 9.47 Å². The molecule has 0 atom stereocenters. The molecule has 1 aromatic rings. The van der Waals surface area contributed by atoms with E-state index in [-0.39, 0.29) is 0 Å². The minimum absolute atomic E-state index is 0.292. The molecule has 0 spiro atoms. The van der Waals surface area contributed by atoms with E-state index in [0.717, 1.165) is 32.2 Å². The van der Waals surface area contributed by atoms with Gasteiger partial charge in [-0.2, -0.15) is 4.31 Å². The molecule has 2 aliphatic rings. The first-order valence-electron chi connectivity index (χ1n) is 8.65. The van der Waals surface area contributed by atoms with E-state index in [9.17, 15) is 8.42 Å². The van der Waals surface area contributed by atoms with Gasteiger partial charge in [-0.3, -0.25) is 0 Å². The quantitative estimate of drug-likeness (QED) is 0.874. The van der Waals surface area contributed by atoms with Crippen LogP contribution in [0.5, 0.6) is 11.5 Å². The van der Waals surface area contributed by atoms with Gasteiger partial charge in [-0.1, -0.05) is 0 Å². The molecule has 1 saturated heterocycles. The van der Waals surface area contributed by atoms with Gasteiger partial charge in [0.25, 0.3) is 0 Å². The molecule has 6 nitrogen and oxygen atoms in total. The molecule has 0 aromatic heterocycles. The molecule has 2 aliphatic heterocycles. The molecule has 3 rings (SSSR count). The molecule has 1 N–H and O–H groups in total. The second-order valence-corrected chi connectivity index (χ2v) is 8.34. The number of benzene rings is 1. The smallest absolute Gasteiger partial charge is 0.243 e. The summed E-state index contributed by atoms with van der Waals surface area (Å²) in [5.74, 6) is 1.75. The van der Waals surface area contributed by atoms with Crippen molar-refractivity contribution >= 4 is 10.0 Å². The largest absolute Gasteiger partial charge is 0.490 e. The third-order valence-corrected chi connectivity index (χ3v) is 6.63. The first kappa shape index (κ1) is 17.5. The van der Waals surface area contributed by atoms with Crippen LogP contribution in [0.2, 0.25) is 0 Å². The number of fused-ring (bicyclic) bond motifs is 1. The maximum Gasteiger partial charge on any atom is 0.243 e. The Labute approximate surface area is 144 Å². The Hall–Kier alpha value is -1.31. The lowest BCUT2D eigenvalue weighted by Gasteiger charge is -2.31. The number of rotatable bonds is 5. The van der Waals surface area contributed by atoms with Gasteiger partial charge < -0.3 is 14.8 Å². The molecule has 0 unspecified atom stereocenters. The van der Waals surface area contributed by atoms with Crippen molar-refractivity contribution in [3.05, 3.63) is 18.2 Å². The van der Waals surface area contributed by atoms with E-state index < -0.39 is 10.0 Å². The van der Waals surface area contributed by atoms with Gasteiger partial charge in [-0.15, -0.1) is 0 Å². The SMILES string of the molecule is CNCCC1CCN(S(=O)(=O)c2ccc3c(c2)OCCCO3)CC1. The van der Waals surface area contributed by atoms with Crippen molar-refractivity contribution in [1.29, 1.82) is 0 Å². The Balaban J connectivity index is 1.71. The Morgan fingerprint density at radius 2 is 1.88 bits per heavy atom. The molecular formula is C17H26N2O4S. The standard InChI is InChI=1S/C17H26N2O4S/c1-18-8-5-14-6-9-19(10-7-14)24(20,21)15-3-4-16-17(13-15)23-12-2-11-22-16/h3-4,13-14,18H,2,5-12H2,1H3. The number of ether oxygens (including phenoxy) is 2. The summed E-state index contributed by atoms with van der Waals surface area (Å²) in [7, 11) is -1.52. The molecule has 2 heterocycles. The highest BCUT2D eigenvalue weighted by Gasteiger charge is 2.30. The van der Waals surface area contributed by atoms with Crippen LogP contribution in [0.1, 0.15) is 25.7 Å². The average molecular weight is 354 g/mol. The summed E-state index contributed by atoms with van der Waals surface area (Å²) < 4.78 is 38.6. The van der Waals surface area contributed by atoms with Crippen LogP contribution in [0, 0.1) is 5.92 Å². The number of hydrogen-bond donors (Lipinski definition) is 1. The summed E-state index contributed by atoms with van der Waals surface area (Å²) >= 11 is 0. The first-order valence-corrected chi connectivity index (χ1v) is 10.1. The Kier molecular flexibility index (Phi) is 5.63. The van der Waals surface area contributed by atoms with Crippen molar-refractivity contribution < 1.29 is 17.9 Å². The van der Waals surface area contributed by atoms with Gasteiger partial charge in [-0.05, 0) is 50.9 Å². The molecule has 134 valence electrons. The van der Waals surface area contributed by atoms with E-state index in [0.29, 0.717) is 48.6 Å². The van der Waals surface area contributed by atoms with Crippen molar-refractivity contribution in [1.82, 2.24) is 9.62 Å². The molecule has 0 saturated carbocycles. The third-order valence-electron chi connectivity index (χ3n) is 4.73. The molecule has 24 heavy (non-hydrogen) atoms. The number of nitrogens with zero attached hydrogens (tertiary/aromatic N) is 1.